The molecular formula is C14H28N2O2. The predicted octanol–water partition coefficient (Wildman–Crippen LogP) is 2.27. The molecule has 106 valence electrons. The molecule has 0 bridgehead atoms. The molecule has 1 rings (SSSR count). The molecular weight excluding hydrogens is 228 g/mol. The minimum Gasteiger partial charge on any atom is -0.396 e. The molecule has 1 fully saturated rings. The fourth-order valence-electron chi connectivity index (χ4n) is 2.65. The van der Waals surface area contributed by atoms with Gasteiger partial charge in [0.25, 0.3) is 0 Å². The van der Waals surface area contributed by atoms with Gasteiger partial charge < -0.3 is 15.7 Å². The summed E-state index contributed by atoms with van der Waals surface area (Å²) in [5.74, 6) is 0.799. The van der Waals surface area contributed by atoms with Crippen molar-refractivity contribution < 1.29 is 9.90 Å². The molecule has 0 aromatic rings. The number of aliphatic hydroxyl groups is 1. The van der Waals surface area contributed by atoms with Crippen molar-refractivity contribution in [1.29, 1.82) is 0 Å². The van der Waals surface area contributed by atoms with E-state index in [-0.39, 0.29) is 24.6 Å². The molecule has 0 aromatic heterocycles. The molecule has 2 amide bonds. The maximum atomic E-state index is 11.8. The second-order valence-electron chi connectivity index (χ2n) is 5.37. The van der Waals surface area contributed by atoms with Crippen LogP contribution in [0.1, 0.15) is 52.4 Å². The smallest absolute Gasteiger partial charge is 0.315 e. The number of aliphatic hydroxyl groups excluding tert-OH is 1. The lowest BCUT2D eigenvalue weighted by Gasteiger charge is -2.31. The van der Waals surface area contributed by atoms with E-state index < -0.39 is 0 Å². The van der Waals surface area contributed by atoms with E-state index in [1.165, 1.54) is 6.42 Å². The molecule has 1 aliphatic rings. The van der Waals surface area contributed by atoms with Gasteiger partial charge in [0.15, 0.2) is 0 Å². The summed E-state index contributed by atoms with van der Waals surface area (Å²) in [5, 5.41) is 15.3. The summed E-state index contributed by atoms with van der Waals surface area (Å²) in [7, 11) is 0. The third-order valence-corrected chi connectivity index (χ3v) is 4.17. The van der Waals surface area contributed by atoms with E-state index in [9.17, 15) is 9.90 Å². The zero-order valence-corrected chi connectivity index (χ0v) is 11.7. The van der Waals surface area contributed by atoms with Gasteiger partial charge in [0.1, 0.15) is 0 Å². The zero-order chi connectivity index (χ0) is 13.4. The molecule has 0 aliphatic heterocycles. The van der Waals surface area contributed by atoms with Crippen LogP contribution in [0.5, 0.6) is 0 Å². The summed E-state index contributed by atoms with van der Waals surface area (Å²) in [6, 6.07) is 0.0673. The van der Waals surface area contributed by atoms with Crippen molar-refractivity contribution in [2.45, 2.75) is 58.4 Å². The van der Waals surface area contributed by atoms with Crippen LogP contribution in [0.4, 0.5) is 4.79 Å². The first-order chi connectivity index (χ1) is 8.71. The number of hydrogen-bond donors (Lipinski definition) is 3. The Morgan fingerprint density at radius 1 is 1.28 bits per heavy atom. The van der Waals surface area contributed by atoms with Crippen LogP contribution < -0.4 is 10.6 Å². The van der Waals surface area contributed by atoms with Crippen LogP contribution in [0.2, 0.25) is 0 Å². The molecule has 4 nitrogen and oxygen atoms in total. The molecule has 1 aliphatic carbocycles. The zero-order valence-electron chi connectivity index (χ0n) is 11.7. The Kier molecular flexibility index (Phi) is 7.09. The number of urea groups is 1. The normalized spacial score (nSPS) is 24.0. The van der Waals surface area contributed by atoms with Crippen LogP contribution >= 0.6 is 0 Å². The summed E-state index contributed by atoms with van der Waals surface area (Å²) in [4.78, 5) is 11.8. The average Bonchev–Trinajstić information content (AvgIpc) is 2.40. The van der Waals surface area contributed by atoms with Gasteiger partial charge >= 0.3 is 6.03 Å². The van der Waals surface area contributed by atoms with E-state index in [0.717, 1.165) is 38.6 Å². The van der Waals surface area contributed by atoms with Crippen LogP contribution in [0.15, 0.2) is 0 Å². The highest BCUT2D eigenvalue weighted by atomic mass is 16.3. The van der Waals surface area contributed by atoms with E-state index >= 15 is 0 Å². The monoisotopic (exact) mass is 256 g/mol. The molecule has 0 spiro atoms. The molecule has 18 heavy (non-hydrogen) atoms. The maximum absolute atomic E-state index is 11.8. The van der Waals surface area contributed by atoms with E-state index in [0.29, 0.717) is 5.92 Å². The van der Waals surface area contributed by atoms with Gasteiger partial charge in [-0.3, -0.25) is 0 Å². The van der Waals surface area contributed by atoms with Crippen molar-refractivity contribution in [3.63, 3.8) is 0 Å². The third kappa shape index (κ3) is 4.84. The van der Waals surface area contributed by atoms with Gasteiger partial charge in [-0.05, 0) is 18.8 Å². The summed E-state index contributed by atoms with van der Waals surface area (Å²) < 4.78 is 0. The minimum atomic E-state index is -0.0766. The lowest BCUT2D eigenvalue weighted by atomic mass is 9.85. The quantitative estimate of drug-likeness (QED) is 0.682. The number of nitrogens with one attached hydrogen (secondary N) is 2. The van der Waals surface area contributed by atoms with Gasteiger partial charge in [-0.1, -0.05) is 39.5 Å². The van der Waals surface area contributed by atoms with Gasteiger partial charge in [0.05, 0.1) is 0 Å². The summed E-state index contributed by atoms with van der Waals surface area (Å²) >= 11 is 0. The van der Waals surface area contributed by atoms with Gasteiger partial charge in [0.2, 0.25) is 0 Å². The molecule has 2 unspecified atom stereocenters. The number of carbonyl (C=O) groups is 1. The van der Waals surface area contributed by atoms with Gasteiger partial charge in [-0.2, -0.15) is 0 Å². The van der Waals surface area contributed by atoms with Gasteiger partial charge in [0, 0.05) is 25.1 Å². The SMILES string of the molecule is CCC(CC)CNC(=O)NC1CCCCC1CO. The van der Waals surface area contributed by atoms with Crippen molar-refractivity contribution in [3.8, 4) is 0 Å². The first kappa shape index (κ1) is 15.3. The first-order valence-corrected chi connectivity index (χ1v) is 7.36. The topological polar surface area (TPSA) is 61.4 Å². The van der Waals surface area contributed by atoms with E-state index in [1.807, 2.05) is 0 Å². The second kappa shape index (κ2) is 8.35. The van der Waals surface area contributed by atoms with Crippen molar-refractivity contribution in [1.82, 2.24) is 10.6 Å². The maximum Gasteiger partial charge on any atom is 0.315 e. The van der Waals surface area contributed by atoms with E-state index in [4.69, 9.17) is 0 Å². The number of amides is 2. The van der Waals surface area contributed by atoms with Crippen LogP contribution in [0.25, 0.3) is 0 Å². The van der Waals surface area contributed by atoms with E-state index in [1.54, 1.807) is 0 Å². The molecule has 4 heteroatoms. The Morgan fingerprint density at radius 2 is 1.94 bits per heavy atom. The molecule has 1 saturated carbocycles. The number of rotatable bonds is 6. The Bertz CT molecular complexity index is 242. The van der Waals surface area contributed by atoms with Crippen LogP contribution in [-0.4, -0.2) is 30.3 Å². The van der Waals surface area contributed by atoms with Crippen LogP contribution in [-0.2, 0) is 0 Å². The molecule has 0 saturated heterocycles. The first-order valence-electron chi connectivity index (χ1n) is 7.36. The van der Waals surface area contributed by atoms with Crippen LogP contribution in [0, 0.1) is 11.8 Å². The molecule has 0 radical (unpaired) electrons. The van der Waals surface area contributed by atoms with Gasteiger partial charge in [-0.15, -0.1) is 0 Å². The highest BCUT2D eigenvalue weighted by molar-refractivity contribution is 5.74. The largest absolute Gasteiger partial charge is 0.396 e. The molecule has 2 atom stereocenters. The van der Waals surface area contributed by atoms with Crippen molar-refractivity contribution >= 4 is 6.03 Å². The highest BCUT2D eigenvalue weighted by Gasteiger charge is 2.25. The second-order valence-corrected chi connectivity index (χ2v) is 5.37. The Labute approximate surface area is 111 Å². The average molecular weight is 256 g/mol. The summed E-state index contributed by atoms with van der Waals surface area (Å²) in [6.07, 6.45) is 6.52. The predicted molar refractivity (Wildman–Crippen MR) is 73.4 cm³/mol. The molecule has 0 aromatic carbocycles. The van der Waals surface area contributed by atoms with Crippen LogP contribution in [0.3, 0.4) is 0 Å². The van der Waals surface area contributed by atoms with Crippen molar-refractivity contribution in [2.75, 3.05) is 13.2 Å². The number of carbonyl (C=O) groups excluding carboxylic acids is 1. The van der Waals surface area contributed by atoms with Crippen molar-refractivity contribution in [3.05, 3.63) is 0 Å². The highest BCUT2D eigenvalue weighted by Crippen LogP contribution is 2.23. The summed E-state index contributed by atoms with van der Waals surface area (Å²) in [5.41, 5.74) is 0. The lowest BCUT2D eigenvalue weighted by Crippen LogP contribution is -2.48. The fraction of sp³-hybridized carbons (Fsp3) is 0.929. The lowest BCUT2D eigenvalue weighted by molar-refractivity contribution is 0.153. The molecule has 3 N–H and O–H groups in total. The Morgan fingerprint density at radius 3 is 2.56 bits per heavy atom. The number of hydrogen-bond acceptors (Lipinski definition) is 2. The summed E-state index contributed by atoms with van der Waals surface area (Å²) in [6.45, 7) is 5.22. The Balaban J connectivity index is 2.29. The fourth-order valence-corrected chi connectivity index (χ4v) is 2.65. The van der Waals surface area contributed by atoms with E-state index in [2.05, 4.69) is 24.5 Å². The molecule has 0 heterocycles. The minimum absolute atomic E-state index is 0.0766. The van der Waals surface area contributed by atoms with Gasteiger partial charge in [-0.25, -0.2) is 4.79 Å². The van der Waals surface area contributed by atoms with Crippen molar-refractivity contribution in [2.24, 2.45) is 11.8 Å². The Hall–Kier alpha value is -0.770. The third-order valence-electron chi connectivity index (χ3n) is 4.17. The standard InChI is InChI=1S/C14H28N2O2/c1-3-11(4-2)9-15-14(18)16-13-8-6-5-7-12(13)10-17/h11-13,17H,3-10H2,1-2H3,(H2,15,16,18).